The summed E-state index contributed by atoms with van der Waals surface area (Å²) in [5.41, 5.74) is 1.12. The molecule has 2 aromatic rings. The standard InChI is InChI=1S/C15H12Cl2O2S/c16-14-6-1-11(9-15(14)17)10-20-13-4-2-12(3-5-13)19-8-7-18/h1-7,9H,8,10H2. The number of benzene rings is 2. The molecule has 0 spiro atoms. The Hall–Kier alpha value is -1.16. The van der Waals surface area contributed by atoms with Crippen LogP contribution < -0.4 is 4.74 Å². The van der Waals surface area contributed by atoms with Gasteiger partial charge >= 0.3 is 0 Å². The van der Waals surface area contributed by atoms with Crippen LogP contribution >= 0.6 is 35.0 Å². The van der Waals surface area contributed by atoms with Gasteiger partial charge in [0.1, 0.15) is 12.4 Å². The van der Waals surface area contributed by atoms with Crippen molar-refractivity contribution in [3.8, 4) is 5.75 Å². The van der Waals surface area contributed by atoms with Gasteiger partial charge in [-0.3, -0.25) is 4.79 Å². The van der Waals surface area contributed by atoms with Crippen molar-refractivity contribution in [2.24, 2.45) is 0 Å². The van der Waals surface area contributed by atoms with E-state index in [-0.39, 0.29) is 6.61 Å². The second-order valence-corrected chi connectivity index (χ2v) is 5.85. The monoisotopic (exact) mass is 326 g/mol. The van der Waals surface area contributed by atoms with E-state index in [0.717, 1.165) is 22.5 Å². The van der Waals surface area contributed by atoms with Crippen molar-refractivity contribution in [3.05, 3.63) is 58.1 Å². The zero-order valence-electron chi connectivity index (χ0n) is 10.5. The molecule has 2 nitrogen and oxygen atoms in total. The normalized spacial score (nSPS) is 10.3. The van der Waals surface area contributed by atoms with E-state index in [2.05, 4.69) is 0 Å². The van der Waals surface area contributed by atoms with Crippen LogP contribution in [0.25, 0.3) is 0 Å². The summed E-state index contributed by atoms with van der Waals surface area (Å²) >= 11 is 13.6. The Balaban J connectivity index is 1.93. The van der Waals surface area contributed by atoms with Gasteiger partial charge in [0.25, 0.3) is 0 Å². The first-order valence-electron chi connectivity index (χ1n) is 5.92. The maximum absolute atomic E-state index is 10.2. The topological polar surface area (TPSA) is 26.3 Å². The summed E-state index contributed by atoms with van der Waals surface area (Å²) in [6, 6.07) is 13.3. The predicted octanol–water partition coefficient (Wildman–Crippen LogP) is 4.86. The molecule has 0 radical (unpaired) electrons. The molecule has 104 valence electrons. The average molecular weight is 327 g/mol. The smallest absolute Gasteiger partial charge is 0.157 e. The molecule has 0 heterocycles. The van der Waals surface area contributed by atoms with E-state index < -0.39 is 0 Å². The van der Waals surface area contributed by atoms with Gasteiger partial charge in [-0.2, -0.15) is 0 Å². The molecule has 0 aliphatic carbocycles. The highest BCUT2D eigenvalue weighted by atomic mass is 35.5. The molecular formula is C15H12Cl2O2S. The van der Waals surface area contributed by atoms with Crippen LogP contribution in [0.2, 0.25) is 10.0 Å². The first-order valence-corrected chi connectivity index (χ1v) is 7.66. The van der Waals surface area contributed by atoms with Crippen molar-refractivity contribution in [1.82, 2.24) is 0 Å². The third kappa shape index (κ3) is 4.44. The van der Waals surface area contributed by atoms with Crippen LogP contribution in [0.5, 0.6) is 5.75 Å². The second kappa shape index (κ2) is 7.58. The summed E-state index contributed by atoms with van der Waals surface area (Å²) in [6.07, 6.45) is 0.729. The van der Waals surface area contributed by atoms with Crippen LogP contribution in [0.1, 0.15) is 5.56 Å². The largest absolute Gasteiger partial charge is 0.486 e. The molecule has 2 aromatic carbocycles. The maximum Gasteiger partial charge on any atom is 0.157 e. The van der Waals surface area contributed by atoms with Crippen molar-refractivity contribution in [3.63, 3.8) is 0 Å². The fourth-order valence-corrected chi connectivity index (χ4v) is 2.72. The van der Waals surface area contributed by atoms with E-state index in [9.17, 15) is 4.79 Å². The Morgan fingerprint density at radius 2 is 1.80 bits per heavy atom. The molecule has 0 saturated heterocycles. The molecule has 2 rings (SSSR count). The van der Waals surface area contributed by atoms with E-state index in [0.29, 0.717) is 15.8 Å². The summed E-state index contributed by atoms with van der Waals surface area (Å²) in [5, 5.41) is 1.14. The molecule has 0 unspecified atom stereocenters. The van der Waals surface area contributed by atoms with E-state index in [1.807, 2.05) is 36.4 Å². The molecule has 0 amide bonds. The Bertz CT molecular complexity index is 585. The predicted molar refractivity (Wildman–Crippen MR) is 84.0 cm³/mol. The second-order valence-electron chi connectivity index (χ2n) is 3.99. The summed E-state index contributed by atoms with van der Waals surface area (Å²) in [4.78, 5) is 11.3. The van der Waals surface area contributed by atoms with Crippen LogP contribution in [0, 0.1) is 0 Å². The Labute approximate surface area is 132 Å². The minimum atomic E-state index is 0.0791. The lowest BCUT2D eigenvalue weighted by Crippen LogP contribution is -1.96. The minimum absolute atomic E-state index is 0.0791. The SMILES string of the molecule is O=CCOc1ccc(SCc2ccc(Cl)c(Cl)c2)cc1. The van der Waals surface area contributed by atoms with Crippen LogP contribution in [-0.4, -0.2) is 12.9 Å². The van der Waals surface area contributed by atoms with Crippen molar-refractivity contribution in [2.45, 2.75) is 10.6 Å². The number of aldehydes is 1. The van der Waals surface area contributed by atoms with Gasteiger partial charge in [0.05, 0.1) is 10.0 Å². The molecule has 0 aromatic heterocycles. The van der Waals surface area contributed by atoms with Crippen molar-refractivity contribution in [1.29, 1.82) is 0 Å². The van der Waals surface area contributed by atoms with Gasteiger partial charge in [-0.1, -0.05) is 29.3 Å². The van der Waals surface area contributed by atoms with Crippen LogP contribution in [0.4, 0.5) is 0 Å². The molecule has 5 heteroatoms. The van der Waals surface area contributed by atoms with Crippen LogP contribution in [0.15, 0.2) is 47.4 Å². The molecule has 0 saturated carbocycles. The molecule has 0 fully saturated rings. The molecule has 0 atom stereocenters. The fourth-order valence-electron chi connectivity index (χ4n) is 1.56. The first kappa shape index (κ1) is 15.2. The molecule has 20 heavy (non-hydrogen) atoms. The summed E-state index contributed by atoms with van der Waals surface area (Å²) in [5.74, 6) is 1.50. The zero-order valence-corrected chi connectivity index (χ0v) is 12.8. The third-order valence-corrected chi connectivity index (χ3v) is 4.35. The Morgan fingerprint density at radius 1 is 1.05 bits per heavy atom. The average Bonchev–Trinajstić information content (AvgIpc) is 2.47. The fraction of sp³-hybridized carbons (Fsp3) is 0.133. The van der Waals surface area contributed by atoms with E-state index >= 15 is 0 Å². The summed E-state index contributed by atoms with van der Waals surface area (Å²) in [6.45, 7) is 0.0791. The van der Waals surface area contributed by atoms with E-state index in [1.165, 1.54) is 0 Å². The minimum Gasteiger partial charge on any atom is -0.486 e. The Kier molecular flexibility index (Phi) is 5.77. The van der Waals surface area contributed by atoms with Gasteiger partial charge in [0, 0.05) is 10.6 Å². The number of hydrogen-bond donors (Lipinski definition) is 0. The van der Waals surface area contributed by atoms with Gasteiger partial charge in [-0.25, -0.2) is 0 Å². The molecule has 0 aliphatic heterocycles. The van der Waals surface area contributed by atoms with Gasteiger partial charge in [-0.15, -0.1) is 11.8 Å². The lowest BCUT2D eigenvalue weighted by atomic mass is 10.2. The van der Waals surface area contributed by atoms with Gasteiger partial charge in [0.15, 0.2) is 6.29 Å². The van der Waals surface area contributed by atoms with Gasteiger partial charge < -0.3 is 4.74 Å². The molecule has 0 N–H and O–H groups in total. The maximum atomic E-state index is 10.2. The number of carbonyl (C=O) groups is 1. The molecular weight excluding hydrogens is 315 g/mol. The van der Waals surface area contributed by atoms with Crippen molar-refractivity contribution < 1.29 is 9.53 Å². The van der Waals surface area contributed by atoms with Crippen LogP contribution in [0.3, 0.4) is 0 Å². The highest BCUT2D eigenvalue weighted by molar-refractivity contribution is 7.98. The van der Waals surface area contributed by atoms with Crippen molar-refractivity contribution >= 4 is 41.2 Å². The highest BCUT2D eigenvalue weighted by Crippen LogP contribution is 2.28. The Morgan fingerprint density at radius 3 is 2.45 bits per heavy atom. The lowest BCUT2D eigenvalue weighted by molar-refractivity contribution is -0.109. The van der Waals surface area contributed by atoms with Crippen molar-refractivity contribution in [2.75, 3.05) is 6.61 Å². The number of ether oxygens (including phenoxy) is 1. The van der Waals surface area contributed by atoms with Crippen LogP contribution in [-0.2, 0) is 10.5 Å². The third-order valence-electron chi connectivity index (χ3n) is 2.53. The highest BCUT2D eigenvalue weighted by Gasteiger charge is 2.01. The van der Waals surface area contributed by atoms with Gasteiger partial charge in [0.2, 0.25) is 0 Å². The number of halogens is 2. The quantitative estimate of drug-likeness (QED) is 0.560. The number of hydrogen-bond acceptors (Lipinski definition) is 3. The number of thioether (sulfide) groups is 1. The molecule has 0 bridgehead atoms. The zero-order chi connectivity index (χ0) is 14.4. The first-order chi connectivity index (χ1) is 9.69. The number of carbonyl (C=O) groups excluding carboxylic acids is 1. The summed E-state index contributed by atoms with van der Waals surface area (Å²) < 4.78 is 5.19. The van der Waals surface area contributed by atoms with E-state index in [1.54, 1.807) is 17.8 Å². The summed E-state index contributed by atoms with van der Waals surface area (Å²) in [7, 11) is 0. The lowest BCUT2D eigenvalue weighted by Gasteiger charge is -2.05. The molecule has 0 aliphatic rings. The van der Waals surface area contributed by atoms with Gasteiger partial charge in [-0.05, 0) is 42.0 Å². The number of rotatable bonds is 6. The van der Waals surface area contributed by atoms with E-state index in [4.69, 9.17) is 27.9 Å².